The van der Waals surface area contributed by atoms with Crippen molar-refractivity contribution in [2.45, 2.75) is 31.8 Å². The SMILES string of the molecule is C=CC1OCC2(CCCC3(COC(C=C)OC3)C2=O)CO1. The molecule has 0 aromatic carbocycles. The highest BCUT2D eigenvalue weighted by Gasteiger charge is 2.56. The minimum absolute atomic E-state index is 0.159. The lowest BCUT2D eigenvalue weighted by molar-refractivity contribution is -0.241. The first-order chi connectivity index (χ1) is 10.1. The van der Waals surface area contributed by atoms with Gasteiger partial charge in [0.1, 0.15) is 0 Å². The summed E-state index contributed by atoms with van der Waals surface area (Å²) in [6.45, 7) is 8.84. The third-order valence-electron chi connectivity index (χ3n) is 4.75. The van der Waals surface area contributed by atoms with Gasteiger partial charge in [-0.3, -0.25) is 4.79 Å². The maximum absolute atomic E-state index is 13.1. The standard InChI is InChI=1S/C16H22O5/c1-3-12-18-8-15(9-19-12)6-5-7-16(14(15)17)10-20-13(4-2)21-11-16/h3-4,12-13H,1-2,5-11H2. The molecule has 1 saturated carbocycles. The second-order valence-electron chi connectivity index (χ2n) is 6.20. The maximum atomic E-state index is 13.1. The molecule has 2 heterocycles. The summed E-state index contributed by atoms with van der Waals surface area (Å²) in [6.07, 6.45) is 4.93. The molecule has 3 rings (SSSR count). The van der Waals surface area contributed by atoms with Gasteiger partial charge >= 0.3 is 0 Å². The largest absolute Gasteiger partial charge is 0.348 e. The molecule has 5 heteroatoms. The molecular formula is C16H22O5. The van der Waals surface area contributed by atoms with Crippen LogP contribution in [0.15, 0.2) is 25.3 Å². The van der Waals surface area contributed by atoms with E-state index in [1.54, 1.807) is 12.2 Å². The molecule has 0 aromatic rings. The molecule has 0 unspecified atom stereocenters. The molecule has 3 aliphatic rings. The fourth-order valence-corrected chi connectivity index (χ4v) is 3.52. The summed E-state index contributed by atoms with van der Waals surface area (Å²) in [6, 6.07) is 0. The van der Waals surface area contributed by atoms with Gasteiger partial charge in [0.05, 0.1) is 37.3 Å². The van der Waals surface area contributed by atoms with E-state index in [-0.39, 0.29) is 5.78 Å². The maximum Gasteiger partial charge on any atom is 0.176 e. The Bertz CT molecular complexity index is 390. The average Bonchev–Trinajstić information content (AvgIpc) is 2.54. The highest BCUT2D eigenvalue weighted by Crippen LogP contribution is 2.47. The van der Waals surface area contributed by atoms with Crippen molar-refractivity contribution in [2.75, 3.05) is 26.4 Å². The van der Waals surface area contributed by atoms with Crippen LogP contribution in [0, 0.1) is 10.8 Å². The van der Waals surface area contributed by atoms with Crippen LogP contribution in [0.4, 0.5) is 0 Å². The van der Waals surface area contributed by atoms with Crippen molar-refractivity contribution in [3.05, 3.63) is 25.3 Å². The Labute approximate surface area is 124 Å². The number of hydrogen-bond donors (Lipinski definition) is 0. The predicted octanol–water partition coefficient (Wildman–Crippen LogP) is 1.83. The molecule has 0 radical (unpaired) electrons. The molecule has 0 amide bonds. The molecule has 0 atom stereocenters. The lowest BCUT2D eigenvalue weighted by atomic mass is 9.61. The van der Waals surface area contributed by atoms with Crippen LogP contribution in [0.5, 0.6) is 0 Å². The van der Waals surface area contributed by atoms with Crippen molar-refractivity contribution in [1.29, 1.82) is 0 Å². The highest BCUT2D eigenvalue weighted by atomic mass is 16.7. The molecule has 2 aliphatic heterocycles. The first-order valence-electron chi connectivity index (χ1n) is 7.41. The summed E-state index contributed by atoms with van der Waals surface area (Å²) in [5.41, 5.74) is -1.13. The van der Waals surface area contributed by atoms with Crippen LogP contribution in [0.2, 0.25) is 0 Å². The quantitative estimate of drug-likeness (QED) is 0.727. The molecule has 21 heavy (non-hydrogen) atoms. The van der Waals surface area contributed by atoms with Crippen molar-refractivity contribution in [2.24, 2.45) is 10.8 Å². The first kappa shape index (κ1) is 14.9. The van der Waals surface area contributed by atoms with Gasteiger partial charge in [-0.1, -0.05) is 19.6 Å². The Hall–Kier alpha value is -1.01. The van der Waals surface area contributed by atoms with Gasteiger partial charge in [0.2, 0.25) is 0 Å². The number of ether oxygens (including phenoxy) is 4. The fourth-order valence-electron chi connectivity index (χ4n) is 3.52. The van der Waals surface area contributed by atoms with Crippen LogP contribution < -0.4 is 0 Å². The second kappa shape index (κ2) is 5.65. The number of carbonyl (C=O) groups excluding carboxylic acids is 1. The van der Waals surface area contributed by atoms with Crippen molar-refractivity contribution in [3.63, 3.8) is 0 Å². The lowest BCUT2D eigenvalue weighted by Gasteiger charge is -2.49. The lowest BCUT2D eigenvalue weighted by Crippen LogP contribution is -2.59. The third-order valence-corrected chi connectivity index (χ3v) is 4.75. The Morgan fingerprint density at radius 3 is 1.57 bits per heavy atom. The molecule has 2 saturated heterocycles. The molecule has 0 aromatic heterocycles. The summed E-state index contributed by atoms with van der Waals surface area (Å²) in [4.78, 5) is 13.1. The Kier molecular flexibility index (Phi) is 4.01. The van der Waals surface area contributed by atoms with Crippen LogP contribution in [0.25, 0.3) is 0 Å². The number of hydrogen-bond acceptors (Lipinski definition) is 5. The summed E-state index contributed by atoms with van der Waals surface area (Å²) in [5.74, 6) is 0.159. The molecule has 0 N–H and O–H groups in total. The Morgan fingerprint density at radius 2 is 1.24 bits per heavy atom. The molecule has 116 valence electrons. The van der Waals surface area contributed by atoms with E-state index in [4.69, 9.17) is 18.9 Å². The zero-order valence-electron chi connectivity index (χ0n) is 12.2. The van der Waals surface area contributed by atoms with E-state index in [0.29, 0.717) is 26.4 Å². The van der Waals surface area contributed by atoms with Crippen molar-refractivity contribution in [3.8, 4) is 0 Å². The first-order valence-corrected chi connectivity index (χ1v) is 7.41. The number of rotatable bonds is 2. The summed E-state index contributed by atoms with van der Waals surface area (Å²) >= 11 is 0. The second-order valence-corrected chi connectivity index (χ2v) is 6.20. The zero-order chi connectivity index (χ0) is 14.9. The summed E-state index contributed by atoms with van der Waals surface area (Å²) in [7, 11) is 0. The van der Waals surface area contributed by atoms with E-state index in [0.717, 1.165) is 19.3 Å². The van der Waals surface area contributed by atoms with E-state index < -0.39 is 23.4 Å². The minimum Gasteiger partial charge on any atom is -0.348 e. The molecule has 2 spiro atoms. The fraction of sp³-hybridized carbons (Fsp3) is 0.688. The van der Waals surface area contributed by atoms with Gasteiger partial charge in [-0.2, -0.15) is 0 Å². The number of carbonyl (C=O) groups is 1. The van der Waals surface area contributed by atoms with Gasteiger partial charge in [0.15, 0.2) is 18.4 Å². The van der Waals surface area contributed by atoms with Gasteiger partial charge in [-0.05, 0) is 25.0 Å². The van der Waals surface area contributed by atoms with Gasteiger partial charge in [-0.15, -0.1) is 0 Å². The predicted molar refractivity (Wildman–Crippen MR) is 75.5 cm³/mol. The third kappa shape index (κ3) is 2.48. The number of ketones is 1. The normalized spacial score (nSPS) is 43.9. The van der Waals surface area contributed by atoms with Crippen molar-refractivity contribution >= 4 is 5.78 Å². The average molecular weight is 294 g/mol. The molecule has 5 nitrogen and oxygen atoms in total. The van der Waals surface area contributed by atoms with Gasteiger partial charge in [-0.25, -0.2) is 0 Å². The monoisotopic (exact) mass is 294 g/mol. The molecule has 3 fully saturated rings. The van der Waals surface area contributed by atoms with Gasteiger partial charge < -0.3 is 18.9 Å². The molecular weight excluding hydrogens is 272 g/mol. The summed E-state index contributed by atoms with van der Waals surface area (Å²) < 4.78 is 22.4. The van der Waals surface area contributed by atoms with Crippen LogP contribution in [-0.2, 0) is 23.7 Å². The Balaban J connectivity index is 1.75. The summed E-state index contributed by atoms with van der Waals surface area (Å²) in [5, 5.41) is 0. The van der Waals surface area contributed by atoms with Gasteiger partial charge in [0, 0.05) is 0 Å². The topological polar surface area (TPSA) is 54.0 Å². The van der Waals surface area contributed by atoms with Crippen LogP contribution >= 0.6 is 0 Å². The van der Waals surface area contributed by atoms with Crippen molar-refractivity contribution in [1.82, 2.24) is 0 Å². The van der Waals surface area contributed by atoms with E-state index in [1.807, 2.05) is 0 Å². The zero-order valence-corrected chi connectivity index (χ0v) is 12.2. The minimum atomic E-state index is -0.564. The van der Waals surface area contributed by atoms with E-state index in [2.05, 4.69) is 13.2 Å². The highest BCUT2D eigenvalue weighted by molar-refractivity contribution is 5.92. The van der Waals surface area contributed by atoms with Crippen LogP contribution in [-0.4, -0.2) is 44.8 Å². The molecule has 1 aliphatic carbocycles. The Morgan fingerprint density at radius 1 is 0.857 bits per heavy atom. The smallest absolute Gasteiger partial charge is 0.176 e. The van der Waals surface area contributed by atoms with E-state index in [1.165, 1.54) is 0 Å². The van der Waals surface area contributed by atoms with E-state index in [9.17, 15) is 4.79 Å². The van der Waals surface area contributed by atoms with E-state index >= 15 is 0 Å². The van der Waals surface area contributed by atoms with Crippen LogP contribution in [0.1, 0.15) is 19.3 Å². The van der Waals surface area contributed by atoms with Crippen molar-refractivity contribution < 1.29 is 23.7 Å². The molecule has 0 bridgehead atoms. The van der Waals surface area contributed by atoms with Crippen LogP contribution in [0.3, 0.4) is 0 Å². The van der Waals surface area contributed by atoms with Gasteiger partial charge in [0.25, 0.3) is 0 Å². The number of Topliss-reactive ketones (excluding diaryl/α,β-unsaturated/α-hetero) is 1.